The summed E-state index contributed by atoms with van der Waals surface area (Å²) >= 11 is 1.23. The molecule has 0 aliphatic heterocycles. The number of anilines is 1. The summed E-state index contributed by atoms with van der Waals surface area (Å²) in [6, 6.07) is 18.2. The molecule has 0 amide bonds. The molecule has 2 heterocycles. The molecular weight excluding hydrogens is 388 g/mol. The van der Waals surface area contributed by atoms with Crippen LogP contribution in [-0.4, -0.2) is 17.8 Å². The molecule has 7 nitrogen and oxygen atoms in total. The Morgan fingerprint density at radius 1 is 1.24 bits per heavy atom. The third-order valence-corrected chi connectivity index (χ3v) is 4.97. The van der Waals surface area contributed by atoms with Crippen LogP contribution in [0.2, 0.25) is 0 Å². The molecule has 0 unspecified atom stereocenters. The highest BCUT2D eigenvalue weighted by Crippen LogP contribution is 2.23. The molecule has 2 aromatic heterocycles. The van der Waals surface area contributed by atoms with E-state index in [2.05, 4.69) is 15.5 Å². The van der Waals surface area contributed by atoms with Crippen LogP contribution in [-0.2, 0) is 0 Å². The number of hydrogen-bond donors (Lipinski definition) is 1. The second kappa shape index (κ2) is 7.96. The number of nitrogens with zero attached hydrogens (tertiary/aromatic N) is 3. The van der Waals surface area contributed by atoms with E-state index in [1.54, 1.807) is 55.0 Å². The molecule has 0 fully saturated rings. The van der Waals surface area contributed by atoms with Crippen LogP contribution >= 0.6 is 11.3 Å². The molecule has 0 atom stereocenters. The largest absolute Gasteiger partial charge is 0.497 e. The van der Waals surface area contributed by atoms with Gasteiger partial charge in [0, 0.05) is 10.8 Å². The van der Waals surface area contributed by atoms with Gasteiger partial charge in [-0.25, -0.2) is 9.78 Å². The molecule has 0 radical (unpaired) electrons. The summed E-state index contributed by atoms with van der Waals surface area (Å²) < 4.78 is 10.5. The predicted molar refractivity (Wildman–Crippen MR) is 112 cm³/mol. The van der Waals surface area contributed by atoms with Gasteiger partial charge in [-0.1, -0.05) is 18.2 Å². The van der Waals surface area contributed by atoms with Gasteiger partial charge >= 0.3 is 5.63 Å². The van der Waals surface area contributed by atoms with Crippen LogP contribution in [0.4, 0.5) is 5.69 Å². The lowest BCUT2D eigenvalue weighted by Crippen LogP contribution is -2.04. The zero-order chi connectivity index (χ0) is 20.2. The van der Waals surface area contributed by atoms with Crippen molar-refractivity contribution in [3.63, 3.8) is 0 Å². The van der Waals surface area contributed by atoms with Crippen molar-refractivity contribution < 1.29 is 9.15 Å². The number of methoxy groups -OCH3 is 1. The van der Waals surface area contributed by atoms with Crippen molar-refractivity contribution in [1.82, 2.24) is 4.98 Å². The van der Waals surface area contributed by atoms with Crippen molar-refractivity contribution in [2.45, 2.75) is 0 Å². The fraction of sp³-hybridized carbons (Fsp3) is 0.0476. The molecule has 4 aromatic rings. The van der Waals surface area contributed by atoms with Crippen molar-refractivity contribution in [3.05, 3.63) is 75.4 Å². The van der Waals surface area contributed by atoms with Crippen LogP contribution in [0, 0.1) is 11.3 Å². The highest BCUT2D eigenvalue weighted by molar-refractivity contribution is 7.12. The predicted octanol–water partition coefficient (Wildman–Crippen LogP) is 4.26. The van der Waals surface area contributed by atoms with Crippen LogP contribution in [0.25, 0.3) is 22.2 Å². The van der Waals surface area contributed by atoms with Crippen LogP contribution in [0.15, 0.2) is 74.3 Å². The lowest BCUT2D eigenvalue weighted by Gasteiger charge is -2.02. The molecule has 0 aliphatic rings. The van der Waals surface area contributed by atoms with E-state index >= 15 is 0 Å². The molecule has 0 saturated heterocycles. The minimum absolute atomic E-state index is 0.113. The summed E-state index contributed by atoms with van der Waals surface area (Å²) in [6.45, 7) is 0. The van der Waals surface area contributed by atoms with Crippen LogP contribution in [0.1, 0.15) is 5.01 Å². The number of para-hydroxylation sites is 1. The van der Waals surface area contributed by atoms with E-state index in [-0.39, 0.29) is 5.71 Å². The lowest BCUT2D eigenvalue weighted by molar-refractivity contribution is 0.415. The van der Waals surface area contributed by atoms with Gasteiger partial charge in [-0.3, -0.25) is 5.43 Å². The number of hydrogen-bond acceptors (Lipinski definition) is 8. The molecule has 8 heteroatoms. The van der Waals surface area contributed by atoms with Gasteiger partial charge in [-0.05, 0) is 36.4 Å². The highest BCUT2D eigenvalue weighted by atomic mass is 32.1. The van der Waals surface area contributed by atoms with E-state index in [1.807, 2.05) is 18.2 Å². The highest BCUT2D eigenvalue weighted by Gasteiger charge is 2.14. The number of rotatable bonds is 5. The molecule has 4 rings (SSSR count). The number of thiazole rings is 1. The molecule has 0 bridgehead atoms. The normalized spacial score (nSPS) is 11.2. The summed E-state index contributed by atoms with van der Waals surface area (Å²) in [6.07, 6.45) is 0. The Balaban J connectivity index is 1.62. The number of nitriles is 1. The van der Waals surface area contributed by atoms with Crippen LogP contribution in [0.5, 0.6) is 5.75 Å². The Hall–Kier alpha value is -3.96. The third-order valence-electron chi connectivity index (χ3n) is 4.12. The maximum atomic E-state index is 12.3. The number of benzene rings is 2. The summed E-state index contributed by atoms with van der Waals surface area (Å²) in [5.41, 5.74) is 4.45. The average molecular weight is 402 g/mol. The molecule has 0 aliphatic carbocycles. The summed E-state index contributed by atoms with van der Waals surface area (Å²) in [5, 5.41) is 16.5. The first-order valence-electron chi connectivity index (χ1n) is 8.55. The monoisotopic (exact) mass is 402 g/mol. The van der Waals surface area contributed by atoms with E-state index in [1.165, 1.54) is 11.3 Å². The SMILES string of the molecule is COc1ccc(N/N=C(/C#N)c2nc(-c3cc4ccccc4oc3=O)cs2)cc1. The van der Waals surface area contributed by atoms with Gasteiger partial charge < -0.3 is 9.15 Å². The van der Waals surface area contributed by atoms with Gasteiger partial charge in [0.15, 0.2) is 10.7 Å². The van der Waals surface area contributed by atoms with Crippen molar-refractivity contribution in [2.75, 3.05) is 12.5 Å². The zero-order valence-corrected chi connectivity index (χ0v) is 16.1. The smallest absolute Gasteiger partial charge is 0.345 e. The fourth-order valence-electron chi connectivity index (χ4n) is 2.65. The fourth-order valence-corrected chi connectivity index (χ4v) is 3.41. The van der Waals surface area contributed by atoms with E-state index in [9.17, 15) is 10.1 Å². The van der Waals surface area contributed by atoms with Gasteiger partial charge in [0.1, 0.15) is 17.4 Å². The van der Waals surface area contributed by atoms with Gasteiger partial charge in [0.05, 0.1) is 24.1 Å². The second-order valence-corrected chi connectivity index (χ2v) is 6.79. The first kappa shape index (κ1) is 18.4. The summed E-state index contributed by atoms with van der Waals surface area (Å²) in [5.74, 6) is 0.721. The Morgan fingerprint density at radius 3 is 2.79 bits per heavy atom. The first-order chi connectivity index (χ1) is 14.2. The van der Waals surface area contributed by atoms with Crippen LogP contribution < -0.4 is 15.8 Å². The Labute approximate surface area is 169 Å². The zero-order valence-electron chi connectivity index (χ0n) is 15.2. The number of ether oxygens (including phenoxy) is 1. The number of hydrazone groups is 1. The van der Waals surface area contributed by atoms with Gasteiger partial charge in [0.25, 0.3) is 0 Å². The minimum Gasteiger partial charge on any atom is -0.497 e. The van der Waals surface area contributed by atoms with Crippen LogP contribution in [0.3, 0.4) is 0 Å². The first-order valence-corrected chi connectivity index (χ1v) is 9.43. The van der Waals surface area contributed by atoms with E-state index in [0.29, 0.717) is 27.5 Å². The molecular formula is C21H14N4O3S. The third kappa shape index (κ3) is 3.85. The Kier molecular flexibility index (Phi) is 5.05. The molecule has 29 heavy (non-hydrogen) atoms. The Bertz CT molecular complexity index is 1300. The van der Waals surface area contributed by atoms with Crippen molar-refractivity contribution in [1.29, 1.82) is 5.26 Å². The molecule has 0 spiro atoms. The number of aromatic nitrogens is 1. The lowest BCUT2D eigenvalue weighted by atomic mass is 10.1. The van der Waals surface area contributed by atoms with E-state index in [4.69, 9.17) is 9.15 Å². The maximum absolute atomic E-state index is 12.3. The standard InChI is InChI=1S/C21H14N4O3S/c1-27-15-8-6-14(7-9-15)24-25-17(11-22)20-23-18(12-29-20)16-10-13-4-2-3-5-19(13)28-21(16)26/h2-10,12,24H,1H3/b25-17-. The quantitative estimate of drug-likeness (QED) is 0.304. The van der Waals surface area contributed by atoms with E-state index in [0.717, 1.165) is 11.1 Å². The number of fused-ring (bicyclic) bond motifs is 1. The van der Waals surface area contributed by atoms with Crippen molar-refractivity contribution in [3.8, 4) is 23.1 Å². The van der Waals surface area contributed by atoms with Gasteiger partial charge in [0.2, 0.25) is 0 Å². The molecule has 2 aromatic carbocycles. The second-order valence-electron chi connectivity index (χ2n) is 5.94. The molecule has 1 N–H and O–H groups in total. The minimum atomic E-state index is -0.479. The summed E-state index contributed by atoms with van der Waals surface area (Å²) in [7, 11) is 1.59. The molecule has 0 saturated carbocycles. The maximum Gasteiger partial charge on any atom is 0.345 e. The topological polar surface area (TPSA) is 101 Å². The van der Waals surface area contributed by atoms with Crippen molar-refractivity contribution in [2.24, 2.45) is 5.10 Å². The molecule has 142 valence electrons. The summed E-state index contributed by atoms with van der Waals surface area (Å²) in [4.78, 5) is 16.7. The van der Waals surface area contributed by atoms with Gasteiger partial charge in [-0.15, -0.1) is 11.3 Å². The average Bonchev–Trinajstić information content (AvgIpc) is 3.24. The number of nitrogens with one attached hydrogen (secondary N) is 1. The van der Waals surface area contributed by atoms with Gasteiger partial charge in [-0.2, -0.15) is 10.4 Å². The van der Waals surface area contributed by atoms with Crippen molar-refractivity contribution >= 4 is 33.7 Å². The van der Waals surface area contributed by atoms with E-state index < -0.39 is 5.63 Å². The Morgan fingerprint density at radius 2 is 2.03 bits per heavy atom.